The number of hydrogen-bond acceptors (Lipinski definition) is 9. The van der Waals surface area contributed by atoms with E-state index in [1.54, 1.807) is 0 Å². The van der Waals surface area contributed by atoms with Crippen LogP contribution < -0.4 is 33.2 Å². The summed E-state index contributed by atoms with van der Waals surface area (Å²) in [4.78, 5) is 70.9. The minimum absolute atomic E-state index is 0.127. The molecule has 0 spiro atoms. The molecule has 0 aliphatic carbocycles. The molecular formula is C19H34N6O8S. The van der Waals surface area contributed by atoms with Gasteiger partial charge in [0.15, 0.2) is 0 Å². The number of nitrogens with one attached hydrogen (secondary N) is 3. The minimum atomic E-state index is -1.31. The van der Waals surface area contributed by atoms with Gasteiger partial charge in [0.2, 0.25) is 23.6 Å². The summed E-state index contributed by atoms with van der Waals surface area (Å²) >= 11 is 3.88. The van der Waals surface area contributed by atoms with Gasteiger partial charge in [-0.2, -0.15) is 12.6 Å². The molecule has 0 heterocycles. The molecule has 0 saturated heterocycles. The average molecular weight is 507 g/mol. The first kappa shape index (κ1) is 31.1. The number of hydrogen-bond donors (Lipinski definition) is 9. The van der Waals surface area contributed by atoms with E-state index in [-0.39, 0.29) is 37.9 Å². The number of carboxylic acids is 2. The Labute approximate surface area is 202 Å². The number of amides is 4. The molecule has 0 fully saturated rings. The van der Waals surface area contributed by atoms with E-state index >= 15 is 0 Å². The molecule has 0 radical (unpaired) electrons. The number of aliphatic carboxylic acids is 2. The first-order valence-corrected chi connectivity index (χ1v) is 11.3. The third kappa shape index (κ3) is 13.0. The Balaban J connectivity index is 5.46. The van der Waals surface area contributed by atoms with Crippen molar-refractivity contribution in [3.8, 4) is 0 Å². The smallest absolute Gasteiger partial charge is 0.327 e. The van der Waals surface area contributed by atoms with Crippen molar-refractivity contribution in [1.82, 2.24) is 16.0 Å². The number of primary amides is 1. The largest absolute Gasteiger partial charge is 0.481 e. The molecule has 4 unspecified atom stereocenters. The quantitative estimate of drug-likeness (QED) is 0.0674. The van der Waals surface area contributed by atoms with Crippen molar-refractivity contribution in [3.05, 3.63) is 0 Å². The van der Waals surface area contributed by atoms with Gasteiger partial charge in [-0.15, -0.1) is 0 Å². The van der Waals surface area contributed by atoms with Gasteiger partial charge in [-0.1, -0.05) is 0 Å². The molecule has 14 nitrogen and oxygen atoms in total. The van der Waals surface area contributed by atoms with Crippen LogP contribution in [0.3, 0.4) is 0 Å². The molecule has 4 amide bonds. The van der Waals surface area contributed by atoms with E-state index in [2.05, 4.69) is 28.6 Å². The van der Waals surface area contributed by atoms with Gasteiger partial charge < -0.3 is 43.4 Å². The summed E-state index contributed by atoms with van der Waals surface area (Å²) < 4.78 is 0. The second-order valence-electron chi connectivity index (χ2n) is 7.53. The second-order valence-corrected chi connectivity index (χ2v) is 7.90. The minimum Gasteiger partial charge on any atom is -0.481 e. The predicted molar refractivity (Wildman–Crippen MR) is 123 cm³/mol. The van der Waals surface area contributed by atoms with Crippen LogP contribution in [0.4, 0.5) is 0 Å². The number of carbonyl (C=O) groups is 6. The third-order valence-electron chi connectivity index (χ3n) is 4.70. The number of rotatable bonds is 18. The molecule has 11 N–H and O–H groups in total. The second kappa shape index (κ2) is 16.7. The maximum absolute atomic E-state index is 12.9. The van der Waals surface area contributed by atoms with Crippen LogP contribution in [-0.4, -0.2) is 82.2 Å². The number of unbranched alkanes of at least 4 members (excludes halogenated alkanes) is 1. The van der Waals surface area contributed by atoms with Crippen molar-refractivity contribution in [2.45, 2.75) is 69.1 Å². The molecule has 0 aromatic heterocycles. The lowest BCUT2D eigenvalue weighted by Crippen LogP contribution is -2.57. The summed E-state index contributed by atoms with van der Waals surface area (Å²) in [6.07, 6.45) is 0.0718. The van der Waals surface area contributed by atoms with E-state index in [0.717, 1.165) is 0 Å². The van der Waals surface area contributed by atoms with E-state index < -0.39 is 59.7 Å². The lowest BCUT2D eigenvalue weighted by molar-refractivity contribution is -0.141. The number of thiol groups is 1. The Morgan fingerprint density at radius 3 is 1.76 bits per heavy atom. The predicted octanol–water partition coefficient (Wildman–Crippen LogP) is -2.96. The van der Waals surface area contributed by atoms with Crippen LogP contribution >= 0.6 is 12.6 Å². The van der Waals surface area contributed by atoms with Crippen LogP contribution in [-0.2, 0) is 28.8 Å². The summed E-state index contributed by atoms with van der Waals surface area (Å²) in [6.45, 7) is 0.336. The van der Waals surface area contributed by atoms with E-state index in [9.17, 15) is 28.8 Å². The fourth-order valence-electron chi connectivity index (χ4n) is 2.74. The standard InChI is InChI=1S/C19H34N6O8S/c20-8-2-1-3-11(17(30)25-13(9-34)19(32)33)24-18(31)12(5-6-14(22)26)23-16(29)10(21)4-7-15(27)28/h10-13,34H,1-9,20-21H2,(H2,22,26)(H,23,29)(H,24,31)(H,25,30)(H,27,28)(H,32,33). The number of carboxylic acid groups (broad SMARTS) is 2. The first-order valence-electron chi connectivity index (χ1n) is 10.6. The highest BCUT2D eigenvalue weighted by Gasteiger charge is 2.30. The van der Waals surface area contributed by atoms with Crippen LogP contribution in [0, 0.1) is 0 Å². The van der Waals surface area contributed by atoms with Gasteiger partial charge in [-0.05, 0) is 38.6 Å². The number of carbonyl (C=O) groups excluding carboxylic acids is 4. The van der Waals surface area contributed by atoms with Gasteiger partial charge in [0.05, 0.1) is 6.04 Å². The van der Waals surface area contributed by atoms with E-state index in [1.807, 2.05) is 0 Å². The van der Waals surface area contributed by atoms with E-state index in [1.165, 1.54) is 0 Å². The summed E-state index contributed by atoms with van der Waals surface area (Å²) in [5.74, 6) is -5.81. The molecule has 0 aliphatic rings. The Kier molecular flexibility index (Phi) is 15.2. The van der Waals surface area contributed by atoms with E-state index in [0.29, 0.717) is 19.4 Å². The molecule has 0 rings (SSSR count). The zero-order valence-electron chi connectivity index (χ0n) is 18.7. The van der Waals surface area contributed by atoms with Crippen molar-refractivity contribution in [3.63, 3.8) is 0 Å². The molecule has 0 saturated carbocycles. The maximum Gasteiger partial charge on any atom is 0.327 e. The lowest BCUT2D eigenvalue weighted by Gasteiger charge is -2.25. The first-order chi connectivity index (χ1) is 15.9. The zero-order chi connectivity index (χ0) is 26.3. The highest BCUT2D eigenvalue weighted by Crippen LogP contribution is 2.06. The maximum atomic E-state index is 12.9. The van der Waals surface area contributed by atoms with Crippen molar-refractivity contribution >= 4 is 48.2 Å². The molecule has 0 bridgehead atoms. The van der Waals surface area contributed by atoms with Gasteiger partial charge in [-0.25, -0.2) is 4.79 Å². The Hall–Kier alpha value is -2.91. The summed E-state index contributed by atoms with van der Waals surface area (Å²) in [5, 5.41) is 24.9. The van der Waals surface area contributed by atoms with E-state index in [4.69, 9.17) is 27.4 Å². The van der Waals surface area contributed by atoms with Gasteiger partial charge in [0.25, 0.3) is 0 Å². The zero-order valence-corrected chi connectivity index (χ0v) is 19.6. The van der Waals surface area contributed by atoms with Gasteiger partial charge >= 0.3 is 11.9 Å². The third-order valence-corrected chi connectivity index (χ3v) is 5.06. The van der Waals surface area contributed by atoms with Gasteiger partial charge in [0, 0.05) is 18.6 Å². The molecular weight excluding hydrogens is 472 g/mol. The summed E-state index contributed by atoms with van der Waals surface area (Å²) in [6, 6.07) is -4.98. The highest BCUT2D eigenvalue weighted by molar-refractivity contribution is 7.80. The monoisotopic (exact) mass is 506 g/mol. The summed E-state index contributed by atoms with van der Waals surface area (Å²) in [7, 11) is 0. The Morgan fingerprint density at radius 1 is 0.765 bits per heavy atom. The topological polar surface area (TPSA) is 257 Å². The fraction of sp³-hybridized carbons (Fsp3) is 0.684. The van der Waals surface area contributed by atoms with Crippen LogP contribution in [0.2, 0.25) is 0 Å². The molecule has 194 valence electrons. The normalized spacial score (nSPS) is 14.2. The molecule has 15 heteroatoms. The highest BCUT2D eigenvalue weighted by atomic mass is 32.1. The molecule has 4 atom stereocenters. The lowest BCUT2D eigenvalue weighted by atomic mass is 10.0. The fourth-order valence-corrected chi connectivity index (χ4v) is 2.98. The summed E-state index contributed by atoms with van der Waals surface area (Å²) in [5.41, 5.74) is 16.3. The van der Waals surface area contributed by atoms with Crippen molar-refractivity contribution in [2.75, 3.05) is 12.3 Å². The van der Waals surface area contributed by atoms with Crippen LogP contribution in [0.1, 0.15) is 44.9 Å². The molecule has 0 aliphatic heterocycles. The molecule has 0 aromatic carbocycles. The Bertz CT molecular complexity index is 738. The van der Waals surface area contributed by atoms with Crippen molar-refractivity contribution in [2.24, 2.45) is 17.2 Å². The van der Waals surface area contributed by atoms with Gasteiger partial charge in [-0.3, -0.25) is 24.0 Å². The Morgan fingerprint density at radius 2 is 1.29 bits per heavy atom. The van der Waals surface area contributed by atoms with Gasteiger partial charge in [0.1, 0.15) is 18.1 Å². The molecule has 0 aromatic rings. The number of nitrogens with two attached hydrogens (primary N) is 3. The SMILES string of the molecule is NCCCCC(NC(=O)C(CCC(N)=O)NC(=O)C(N)CCC(=O)O)C(=O)NC(CS)C(=O)O. The van der Waals surface area contributed by atoms with Crippen molar-refractivity contribution < 1.29 is 39.0 Å². The van der Waals surface area contributed by atoms with Crippen LogP contribution in [0.5, 0.6) is 0 Å². The van der Waals surface area contributed by atoms with Crippen LogP contribution in [0.25, 0.3) is 0 Å². The van der Waals surface area contributed by atoms with Crippen LogP contribution in [0.15, 0.2) is 0 Å². The molecule has 34 heavy (non-hydrogen) atoms. The average Bonchev–Trinajstić information content (AvgIpc) is 2.76. The van der Waals surface area contributed by atoms with Crippen molar-refractivity contribution in [1.29, 1.82) is 0 Å².